The summed E-state index contributed by atoms with van der Waals surface area (Å²) in [7, 11) is 1.24. The number of rotatable bonds is 2. The zero-order valence-electron chi connectivity index (χ0n) is 7.63. The van der Waals surface area contributed by atoms with E-state index in [4.69, 9.17) is 0 Å². The number of benzene rings is 1. The zero-order valence-corrected chi connectivity index (χ0v) is 7.63. The Morgan fingerprint density at radius 2 is 2.23 bits per heavy atom. The number of esters is 1. The summed E-state index contributed by atoms with van der Waals surface area (Å²) < 4.78 is 17.5. The molecule has 0 spiro atoms. The van der Waals surface area contributed by atoms with Crippen molar-refractivity contribution in [1.29, 1.82) is 0 Å². The lowest BCUT2D eigenvalue weighted by molar-refractivity contribution is 0.0595. The van der Waals surface area contributed by atoms with E-state index in [1.54, 1.807) is 6.07 Å². The third kappa shape index (κ3) is 2.05. The molecule has 0 amide bonds. The summed E-state index contributed by atoms with van der Waals surface area (Å²) in [5, 5.41) is 0. The summed E-state index contributed by atoms with van der Waals surface area (Å²) in [5.74, 6) is -1.17. The minimum atomic E-state index is -0.632. The fourth-order valence-corrected chi connectivity index (χ4v) is 1.06. The number of hydrogen-bond acceptors (Lipinski definition) is 2. The first-order valence-electron chi connectivity index (χ1n) is 4.05. The molecule has 0 aliphatic carbocycles. The van der Waals surface area contributed by atoms with Crippen molar-refractivity contribution in [1.82, 2.24) is 0 Å². The normalized spacial score (nSPS) is 9.77. The number of aryl methyl sites for hydroxylation is 1. The Morgan fingerprint density at radius 1 is 1.54 bits per heavy atom. The maximum absolute atomic E-state index is 13.0. The maximum atomic E-state index is 13.0. The quantitative estimate of drug-likeness (QED) is 0.655. The molecule has 0 saturated carbocycles. The van der Waals surface area contributed by atoms with Gasteiger partial charge in [-0.1, -0.05) is 13.0 Å². The molecule has 0 unspecified atom stereocenters. The van der Waals surface area contributed by atoms with Gasteiger partial charge in [-0.3, -0.25) is 0 Å². The topological polar surface area (TPSA) is 26.3 Å². The molecule has 0 aliphatic rings. The molecule has 0 N–H and O–H groups in total. The standard InChI is InChI=1S/C10H11FO2/c1-3-7-4-5-9(11)8(6-7)10(12)13-2/h4-6H,3H2,1-2H3. The fourth-order valence-electron chi connectivity index (χ4n) is 1.06. The van der Waals surface area contributed by atoms with Gasteiger partial charge < -0.3 is 4.74 Å². The van der Waals surface area contributed by atoms with Gasteiger partial charge in [0.05, 0.1) is 12.7 Å². The Labute approximate surface area is 76.3 Å². The highest BCUT2D eigenvalue weighted by Crippen LogP contribution is 2.11. The third-order valence-electron chi connectivity index (χ3n) is 1.84. The zero-order chi connectivity index (χ0) is 9.84. The van der Waals surface area contributed by atoms with Crippen LogP contribution in [0.1, 0.15) is 22.8 Å². The second kappa shape index (κ2) is 4.03. The first kappa shape index (κ1) is 9.71. The molecule has 3 heteroatoms. The van der Waals surface area contributed by atoms with Gasteiger partial charge in [0.1, 0.15) is 5.82 Å². The van der Waals surface area contributed by atoms with Gasteiger partial charge in [-0.25, -0.2) is 9.18 Å². The Kier molecular flexibility index (Phi) is 3.01. The van der Waals surface area contributed by atoms with E-state index in [1.165, 1.54) is 19.2 Å². The molecule has 0 radical (unpaired) electrons. The Morgan fingerprint density at radius 3 is 2.77 bits per heavy atom. The summed E-state index contributed by atoms with van der Waals surface area (Å²) in [4.78, 5) is 11.0. The first-order chi connectivity index (χ1) is 6.19. The van der Waals surface area contributed by atoms with E-state index in [1.807, 2.05) is 6.92 Å². The van der Waals surface area contributed by atoms with Crippen LogP contribution in [-0.2, 0) is 11.2 Å². The minimum Gasteiger partial charge on any atom is -0.465 e. The molecular weight excluding hydrogens is 171 g/mol. The SMILES string of the molecule is CCc1ccc(F)c(C(=O)OC)c1. The van der Waals surface area contributed by atoms with Gasteiger partial charge in [-0.2, -0.15) is 0 Å². The van der Waals surface area contributed by atoms with Crippen LogP contribution in [-0.4, -0.2) is 13.1 Å². The largest absolute Gasteiger partial charge is 0.465 e. The molecule has 1 rings (SSSR count). The van der Waals surface area contributed by atoms with Gasteiger partial charge in [0.2, 0.25) is 0 Å². The highest BCUT2D eigenvalue weighted by molar-refractivity contribution is 5.89. The molecule has 0 aliphatic heterocycles. The van der Waals surface area contributed by atoms with Gasteiger partial charge >= 0.3 is 5.97 Å². The summed E-state index contributed by atoms with van der Waals surface area (Å²) in [6.45, 7) is 1.94. The van der Waals surface area contributed by atoms with Crippen LogP contribution in [0.5, 0.6) is 0 Å². The highest BCUT2D eigenvalue weighted by Gasteiger charge is 2.11. The molecule has 1 aromatic rings. The van der Waals surface area contributed by atoms with Crippen LogP contribution in [0.4, 0.5) is 4.39 Å². The summed E-state index contributed by atoms with van der Waals surface area (Å²) >= 11 is 0. The lowest BCUT2D eigenvalue weighted by Gasteiger charge is -2.02. The third-order valence-corrected chi connectivity index (χ3v) is 1.84. The predicted octanol–water partition coefficient (Wildman–Crippen LogP) is 2.17. The fraction of sp³-hybridized carbons (Fsp3) is 0.300. The van der Waals surface area contributed by atoms with Crippen molar-refractivity contribution in [3.05, 3.63) is 35.1 Å². The maximum Gasteiger partial charge on any atom is 0.340 e. The highest BCUT2D eigenvalue weighted by atomic mass is 19.1. The van der Waals surface area contributed by atoms with Gasteiger partial charge in [0, 0.05) is 0 Å². The van der Waals surface area contributed by atoms with Crippen molar-refractivity contribution < 1.29 is 13.9 Å². The number of carbonyl (C=O) groups excluding carboxylic acids is 1. The molecule has 0 fully saturated rings. The Bertz CT molecular complexity index is 321. The minimum absolute atomic E-state index is 0.00171. The van der Waals surface area contributed by atoms with Crippen LogP contribution in [0.15, 0.2) is 18.2 Å². The average Bonchev–Trinajstić information content (AvgIpc) is 2.17. The van der Waals surface area contributed by atoms with Crippen molar-refractivity contribution in [3.8, 4) is 0 Å². The van der Waals surface area contributed by atoms with E-state index in [0.717, 1.165) is 12.0 Å². The van der Waals surface area contributed by atoms with E-state index in [-0.39, 0.29) is 5.56 Å². The molecule has 0 aromatic heterocycles. The molecule has 0 saturated heterocycles. The smallest absolute Gasteiger partial charge is 0.340 e. The van der Waals surface area contributed by atoms with E-state index in [9.17, 15) is 9.18 Å². The second-order valence-corrected chi connectivity index (χ2v) is 2.66. The van der Waals surface area contributed by atoms with Crippen LogP contribution < -0.4 is 0 Å². The van der Waals surface area contributed by atoms with E-state index in [0.29, 0.717) is 0 Å². The number of hydrogen-bond donors (Lipinski definition) is 0. The van der Waals surface area contributed by atoms with Crippen molar-refractivity contribution in [2.45, 2.75) is 13.3 Å². The van der Waals surface area contributed by atoms with Crippen LogP contribution in [0, 0.1) is 5.82 Å². The van der Waals surface area contributed by atoms with Crippen LogP contribution >= 0.6 is 0 Å². The Balaban J connectivity index is 3.11. The summed E-state index contributed by atoms with van der Waals surface area (Å²) in [6.07, 6.45) is 0.768. The van der Waals surface area contributed by atoms with Crippen molar-refractivity contribution in [3.63, 3.8) is 0 Å². The van der Waals surface area contributed by atoms with Crippen molar-refractivity contribution in [2.75, 3.05) is 7.11 Å². The molecule has 2 nitrogen and oxygen atoms in total. The van der Waals surface area contributed by atoms with Crippen LogP contribution in [0.25, 0.3) is 0 Å². The second-order valence-electron chi connectivity index (χ2n) is 2.66. The van der Waals surface area contributed by atoms with E-state index >= 15 is 0 Å². The molecule has 13 heavy (non-hydrogen) atoms. The number of ether oxygens (including phenoxy) is 1. The molecule has 70 valence electrons. The Hall–Kier alpha value is -1.38. The van der Waals surface area contributed by atoms with Crippen LogP contribution in [0.3, 0.4) is 0 Å². The van der Waals surface area contributed by atoms with Gasteiger partial charge in [0.25, 0.3) is 0 Å². The first-order valence-corrected chi connectivity index (χ1v) is 4.05. The lowest BCUT2D eigenvalue weighted by atomic mass is 10.1. The lowest BCUT2D eigenvalue weighted by Crippen LogP contribution is -2.04. The van der Waals surface area contributed by atoms with Gasteiger partial charge in [-0.15, -0.1) is 0 Å². The molecule has 0 bridgehead atoms. The molecule has 1 aromatic carbocycles. The number of halogens is 1. The molecule has 0 heterocycles. The predicted molar refractivity (Wildman–Crippen MR) is 47.1 cm³/mol. The van der Waals surface area contributed by atoms with Crippen molar-refractivity contribution in [2.24, 2.45) is 0 Å². The van der Waals surface area contributed by atoms with Crippen molar-refractivity contribution >= 4 is 5.97 Å². The van der Waals surface area contributed by atoms with Crippen LogP contribution in [0.2, 0.25) is 0 Å². The number of methoxy groups -OCH3 is 1. The van der Waals surface area contributed by atoms with E-state index in [2.05, 4.69) is 4.74 Å². The number of carbonyl (C=O) groups is 1. The average molecular weight is 182 g/mol. The monoisotopic (exact) mass is 182 g/mol. The van der Waals surface area contributed by atoms with Gasteiger partial charge in [-0.05, 0) is 24.1 Å². The van der Waals surface area contributed by atoms with E-state index < -0.39 is 11.8 Å². The summed E-state index contributed by atoms with van der Waals surface area (Å²) in [5.41, 5.74) is 0.920. The van der Waals surface area contributed by atoms with Gasteiger partial charge in [0.15, 0.2) is 0 Å². The molecule has 0 atom stereocenters. The summed E-state index contributed by atoms with van der Waals surface area (Å²) in [6, 6.07) is 4.45. The molecular formula is C10H11FO2.